The molecule has 2 fully saturated rings. The molecule has 0 aromatic rings. The summed E-state index contributed by atoms with van der Waals surface area (Å²) in [4.78, 5) is 19.2. The number of nitrogens with one attached hydrogen (secondary N) is 2. The van der Waals surface area contributed by atoms with Crippen molar-refractivity contribution in [1.29, 1.82) is 0 Å². The van der Waals surface area contributed by atoms with Crippen LogP contribution in [-0.4, -0.2) is 74.4 Å². The average Bonchev–Trinajstić information content (AvgIpc) is 2.67. The Morgan fingerprint density at radius 1 is 1.18 bits per heavy atom. The number of carbonyl (C=O) groups is 1. The molecule has 28 heavy (non-hydrogen) atoms. The minimum Gasteiger partial charge on any atom is -0.463 e. The zero-order valence-electron chi connectivity index (χ0n) is 17.8. The van der Waals surface area contributed by atoms with E-state index in [2.05, 4.69) is 22.5 Å². The van der Waals surface area contributed by atoms with Crippen LogP contribution in [0.3, 0.4) is 0 Å². The fraction of sp³-hybridized carbons (Fsp3) is 0.900. The van der Waals surface area contributed by atoms with Gasteiger partial charge in [-0.1, -0.05) is 19.3 Å². The van der Waals surface area contributed by atoms with Crippen molar-refractivity contribution in [1.82, 2.24) is 15.5 Å². The van der Waals surface area contributed by atoms with E-state index in [4.69, 9.17) is 14.5 Å². The van der Waals surface area contributed by atoms with Gasteiger partial charge in [0.1, 0.15) is 0 Å². The van der Waals surface area contributed by atoms with E-state index >= 15 is 0 Å². The lowest BCUT2D eigenvalue weighted by atomic mass is 9.80. The number of halogens is 1. The van der Waals surface area contributed by atoms with Crippen LogP contribution in [0.15, 0.2) is 4.99 Å². The second-order valence-electron chi connectivity index (χ2n) is 7.79. The molecule has 1 saturated heterocycles. The van der Waals surface area contributed by atoms with Gasteiger partial charge in [-0.15, -0.1) is 24.0 Å². The Hall–Kier alpha value is -0.610. The highest BCUT2D eigenvalue weighted by Crippen LogP contribution is 2.34. The van der Waals surface area contributed by atoms with Gasteiger partial charge in [-0.2, -0.15) is 0 Å². The van der Waals surface area contributed by atoms with Crippen molar-refractivity contribution in [3.63, 3.8) is 0 Å². The lowest BCUT2D eigenvalue weighted by Crippen LogP contribution is -2.56. The Labute approximate surface area is 187 Å². The molecule has 2 N–H and O–H groups in total. The van der Waals surface area contributed by atoms with Crippen molar-refractivity contribution in [2.45, 2.75) is 70.9 Å². The molecule has 0 radical (unpaired) electrons. The standard InChI is InChI=1S/C20H38N4O3.HI/c1-4-21-19(22-11-8-18(25)27-17(2)3)23-16-20(9-6-5-7-10-20)24-12-14-26-15-13-24;/h17H,4-16H2,1-3H3,(H2,21,22,23);1H. The number of carbonyl (C=O) groups excluding carboxylic acids is 1. The van der Waals surface area contributed by atoms with E-state index in [9.17, 15) is 4.79 Å². The summed E-state index contributed by atoms with van der Waals surface area (Å²) in [5, 5.41) is 6.58. The quantitative estimate of drug-likeness (QED) is 0.226. The minimum atomic E-state index is -0.176. The number of ether oxygens (including phenoxy) is 2. The molecule has 0 spiro atoms. The fourth-order valence-corrected chi connectivity index (χ4v) is 3.99. The molecule has 0 unspecified atom stereocenters. The highest BCUT2D eigenvalue weighted by atomic mass is 127. The zero-order chi connectivity index (χ0) is 19.5. The fourth-order valence-electron chi connectivity index (χ4n) is 3.99. The lowest BCUT2D eigenvalue weighted by molar-refractivity contribution is -0.147. The molecule has 0 bridgehead atoms. The number of guanidine groups is 1. The van der Waals surface area contributed by atoms with Crippen LogP contribution in [0.2, 0.25) is 0 Å². The number of nitrogens with zero attached hydrogens (tertiary/aromatic N) is 2. The van der Waals surface area contributed by atoms with E-state index in [1.807, 2.05) is 13.8 Å². The van der Waals surface area contributed by atoms with Gasteiger partial charge in [0, 0.05) is 31.7 Å². The lowest BCUT2D eigenvalue weighted by Gasteiger charge is -2.47. The highest BCUT2D eigenvalue weighted by Gasteiger charge is 2.38. The summed E-state index contributed by atoms with van der Waals surface area (Å²) in [5.74, 6) is 0.610. The molecular weight excluding hydrogens is 471 g/mol. The first kappa shape index (κ1) is 25.4. The Morgan fingerprint density at radius 3 is 2.46 bits per heavy atom. The molecule has 0 aromatic heterocycles. The summed E-state index contributed by atoms with van der Waals surface area (Å²) in [6.07, 6.45) is 6.56. The van der Waals surface area contributed by atoms with Crippen LogP contribution >= 0.6 is 24.0 Å². The van der Waals surface area contributed by atoms with Gasteiger partial charge in [-0.3, -0.25) is 14.7 Å². The number of esters is 1. The summed E-state index contributed by atoms with van der Waals surface area (Å²) >= 11 is 0. The highest BCUT2D eigenvalue weighted by molar-refractivity contribution is 14.0. The number of hydrogen-bond acceptors (Lipinski definition) is 5. The van der Waals surface area contributed by atoms with Crippen molar-refractivity contribution < 1.29 is 14.3 Å². The predicted octanol–water partition coefficient (Wildman–Crippen LogP) is 2.54. The first-order valence-electron chi connectivity index (χ1n) is 10.6. The van der Waals surface area contributed by atoms with Crippen molar-refractivity contribution in [3.05, 3.63) is 0 Å². The Bertz CT molecular complexity index is 476. The van der Waals surface area contributed by atoms with E-state index in [-0.39, 0.29) is 41.6 Å². The molecule has 1 aliphatic carbocycles. The first-order valence-corrected chi connectivity index (χ1v) is 10.6. The SMILES string of the molecule is CCNC(=NCC1(N2CCOCC2)CCCCC1)NCCC(=O)OC(C)C.I. The van der Waals surface area contributed by atoms with Crippen LogP contribution < -0.4 is 10.6 Å². The van der Waals surface area contributed by atoms with Gasteiger partial charge in [0.05, 0.1) is 32.3 Å². The molecule has 0 amide bonds. The van der Waals surface area contributed by atoms with Crippen LogP contribution in [0.4, 0.5) is 0 Å². The van der Waals surface area contributed by atoms with Gasteiger partial charge in [-0.05, 0) is 33.6 Å². The number of rotatable bonds is 8. The largest absolute Gasteiger partial charge is 0.463 e. The third-order valence-electron chi connectivity index (χ3n) is 5.33. The minimum absolute atomic E-state index is 0. The van der Waals surface area contributed by atoms with E-state index in [1.165, 1.54) is 32.1 Å². The zero-order valence-corrected chi connectivity index (χ0v) is 20.1. The number of aliphatic imine (C=N–C) groups is 1. The molecule has 164 valence electrons. The molecule has 8 heteroatoms. The predicted molar refractivity (Wildman–Crippen MR) is 123 cm³/mol. The van der Waals surface area contributed by atoms with E-state index in [1.54, 1.807) is 0 Å². The van der Waals surface area contributed by atoms with Crippen LogP contribution in [0.5, 0.6) is 0 Å². The Balaban J connectivity index is 0.00000392. The topological polar surface area (TPSA) is 75.2 Å². The second-order valence-corrected chi connectivity index (χ2v) is 7.79. The van der Waals surface area contributed by atoms with Crippen LogP contribution in [-0.2, 0) is 14.3 Å². The van der Waals surface area contributed by atoms with E-state index < -0.39 is 0 Å². The van der Waals surface area contributed by atoms with Gasteiger partial charge in [0.15, 0.2) is 5.96 Å². The van der Waals surface area contributed by atoms with E-state index in [0.717, 1.165) is 45.4 Å². The van der Waals surface area contributed by atoms with Crippen molar-refractivity contribution in [3.8, 4) is 0 Å². The van der Waals surface area contributed by atoms with Crippen molar-refractivity contribution in [2.75, 3.05) is 45.9 Å². The van der Waals surface area contributed by atoms with Crippen LogP contribution in [0.1, 0.15) is 59.3 Å². The third kappa shape index (κ3) is 8.41. The monoisotopic (exact) mass is 510 g/mol. The number of morpholine rings is 1. The molecular formula is C20H39IN4O3. The molecule has 2 aliphatic rings. The summed E-state index contributed by atoms with van der Waals surface area (Å²) in [5.41, 5.74) is 0.154. The molecule has 1 heterocycles. The first-order chi connectivity index (χ1) is 13.1. The Morgan fingerprint density at radius 2 is 1.86 bits per heavy atom. The maximum absolute atomic E-state index is 11.7. The molecule has 1 aliphatic heterocycles. The van der Waals surface area contributed by atoms with Crippen molar-refractivity contribution >= 4 is 35.9 Å². The van der Waals surface area contributed by atoms with Gasteiger partial charge in [-0.25, -0.2) is 0 Å². The van der Waals surface area contributed by atoms with Gasteiger partial charge in [0.25, 0.3) is 0 Å². The normalized spacial score (nSPS) is 20.4. The van der Waals surface area contributed by atoms with E-state index in [0.29, 0.717) is 13.0 Å². The molecule has 0 aromatic carbocycles. The average molecular weight is 510 g/mol. The molecule has 1 saturated carbocycles. The summed E-state index contributed by atoms with van der Waals surface area (Å²) in [7, 11) is 0. The van der Waals surface area contributed by atoms with Gasteiger partial charge < -0.3 is 20.1 Å². The van der Waals surface area contributed by atoms with Crippen LogP contribution in [0.25, 0.3) is 0 Å². The summed E-state index contributed by atoms with van der Waals surface area (Å²) in [6.45, 7) is 11.6. The number of hydrogen-bond donors (Lipinski definition) is 2. The molecule has 7 nitrogen and oxygen atoms in total. The Kier molecular flexibility index (Phi) is 12.3. The van der Waals surface area contributed by atoms with Crippen molar-refractivity contribution in [2.24, 2.45) is 4.99 Å². The maximum atomic E-state index is 11.7. The third-order valence-corrected chi connectivity index (χ3v) is 5.33. The molecule has 2 rings (SSSR count). The molecule has 0 atom stereocenters. The smallest absolute Gasteiger partial charge is 0.307 e. The van der Waals surface area contributed by atoms with Gasteiger partial charge >= 0.3 is 5.97 Å². The maximum Gasteiger partial charge on any atom is 0.307 e. The summed E-state index contributed by atoms with van der Waals surface area (Å²) < 4.78 is 10.7. The second kappa shape index (κ2) is 13.6. The van der Waals surface area contributed by atoms with Gasteiger partial charge in [0.2, 0.25) is 0 Å². The van der Waals surface area contributed by atoms with Crippen LogP contribution in [0, 0.1) is 0 Å². The summed E-state index contributed by atoms with van der Waals surface area (Å²) in [6, 6.07) is 0.